The fraction of sp³-hybridized carbons (Fsp3) is 0.444. The highest BCUT2D eigenvalue weighted by molar-refractivity contribution is 5.87. The Morgan fingerprint density at radius 2 is 1.60 bits per heavy atom. The third-order valence-corrected chi connectivity index (χ3v) is 7.58. The minimum atomic E-state index is -1.12. The van der Waals surface area contributed by atoms with Gasteiger partial charge in [0.15, 0.2) is 0 Å². The summed E-state index contributed by atoms with van der Waals surface area (Å²) in [5, 5.41) is 22.3. The first-order valence-corrected chi connectivity index (χ1v) is 12.3. The lowest BCUT2D eigenvalue weighted by molar-refractivity contribution is -0.150. The molecule has 2 aliphatic carbocycles. The van der Waals surface area contributed by atoms with Crippen LogP contribution < -0.4 is 5.32 Å². The topological polar surface area (TPSA) is 116 Å². The first-order valence-electron chi connectivity index (χ1n) is 12.3. The quantitative estimate of drug-likeness (QED) is 0.608. The van der Waals surface area contributed by atoms with Crippen molar-refractivity contribution < 1.29 is 29.3 Å². The van der Waals surface area contributed by atoms with Crippen molar-refractivity contribution in [2.75, 3.05) is 13.2 Å². The zero-order valence-electron chi connectivity index (χ0n) is 19.4. The van der Waals surface area contributed by atoms with Crippen LogP contribution >= 0.6 is 0 Å². The van der Waals surface area contributed by atoms with E-state index in [1.54, 1.807) is 0 Å². The molecule has 2 amide bonds. The van der Waals surface area contributed by atoms with Crippen molar-refractivity contribution in [3.8, 4) is 11.1 Å². The largest absolute Gasteiger partial charge is 0.480 e. The van der Waals surface area contributed by atoms with Crippen molar-refractivity contribution in [3.63, 3.8) is 0 Å². The summed E-state index contributed by atoms with van der Waals surface area (Å²) in [6.45, 7) is 0.189. The predicted molar refractivity (Wildman–Crippen MR) is 128 cm³/mol. The summed E-state index contributed by atoms with van der Waals surface area (Å²) in [6.07, 6.45) is 1.47. The van der Waals surface area contributed by atoms with Crippen molar-refractivity contribution in [1.82, 2.24) is 10.2 Å². The maximum Gasteiger partial charge on any atom is 0.407 e. The van der Waals surface area contributed by atoms with E-state index in [1.807, 2.05) is 24.3 Å². The van der Waals surface area contributed by atoms with Gasteiger partial charge in [0.2, 0.25) is 5.91 Å². The molecule has 5 rings (SSSR count). The van der Waals surface area contributed by atoms with E-state index in [4.69, 9.17) is 4.74 Å². The average molecular weight is 479 g/mol. The number of hydrogen-bond donors (Lipinski definition) is 3. The lowest BCUT2D eigenvalue weighted by Crippen LogP contribution is -2.52. The number of β-amino-alcohol motifs (C(OH)–C–C–N with tert-alkyl or cyclic N) is 1. The monoisotopic (exact) mass is 478 g/mol. The second-order valence-corrected chi connectivity index (χ2v) is 9.70. The molecule has 0 bridgehead atoms. The number of fused-ring (bicyclic) bond motifs is 3. The van der Waals surface area contributed by atoms with E-state index in [9.17, 15) is 24.6 Å². The highest BCUT2D eigenvalue weighted by atomic mass is 16.5. The third kappa shape index (κ3) is 4.50. The van der Waals surface area contributed by atoms with Crippen molar-refractivity contribution in [1.29, 1.82) is 0 Å². The number of ether oxygens (including phenoxy) is 1. The second kappa shape index (κ2) is 9.70. The molecular formula is C27H30N2O6. The van der Waals surface area contributed by atoms with E-state index in [-0.39, 0.29) is 31.4 Å². The van der Waals surface area contributed by atoms with Crippen molar-refractivity contribution >= 4 is 18.0 Å². The SMILES string of the molecule is O=C(N[C@H]1CCCC[C@H]1C(=O)N1CC(O)CC1C(=O)O)OCC1c2ccccc2-c2ccccc21. The molecule has 2 aromatic rings. The predicted octanol–water partition coefficient (Wildman–Crippen LogP) is 3.13. The van der Waals surface area contributed by atoms with Crippen LogP contribution in [0.2, 0.25) is 0 Å². The Morgan fingerprint density at radius 3 is 2.26 bits per heavy atom. The summed E-state index contributed by atoms with van der Waals surface area (Å²) < 4.78 is 5.66. The Labute approximate surface area is 203 Å². The minimum Gasteiger partial charge on any atom is -0.480 e. The molecule has 0 radical (unpaired) electrons. The number of carboxylic acid groups (broad SMARTS) is 1. The number of nitrogens with zero attached hydrogens (tertiary/aromatic N) is 1. The van der Waals surface area contributed by atoms with Crippen LogP contribution in [0.25, 0.3) is 11.1 Å². The number of carbonyl (C=O) groups is 3. The number of aliphatic carboxylic acids is 1. The third-order valence-electron chi connectivity index (χ3n) is 7.58. The first-order chi connectivity index (χ1) is 16.9. The van der Waals surface area contributed by atoms with E-state index in [0.717, 1.165) is 35.1 Å². The lowest BCUT2D eigenvalue weighted by Gasteiger charge is -2.34. The molecule has 8 nitrogen and oxygen atoms in total. The van der Waals surface area contributed by atoms with E-state index >= 15 is 0 Å². The van der Waals surface area contributed by atoms with Gasteiger partial charge in [-0.05, 0) is 35.1 Å². The Morgan fingerprint density at radius 1 is 0.971 bits per heavy atom. The molecule has 0 spiro atoms. The van der Waals surface area contributed by atoms with Crippen molar-refractivity contribution in [2.45, 2.75) is 56.2 Å². The summed E-state index contributed by atoms with van der Waals surface area (Å²) in [7, 11) is 0. The zero-order valence-corrected chi connectivity index (χ0v) is 19.4. The molecule has 3 N–H and O–H groups in total. The molecule has 184 valence electrons. The molecular weight excluding hydrogens is 448 g/mol. The number of aliphatic hydroxyl groups is 1. The number of carboxylic acids is 1. The van der Waals surface area contributed by atoms with Gasteiger partial charge in [-0.1, -0.05) is 61.4 Å². The molecule has 4 atom stereocenters. The standard InChI is InChI=1S/C27H30N2O6/c30-16-13-24(26(32)33)29(14-16)25(31)21-11-5-6-12-23(21)28-27(34)35-15-22-19-9-3-1-7-17(19)18-8-2-4-10-20(18)22/h1-4,7-10,16,21-24,30H,5-6,11-15H2,(H,28,34)(H,32,33)/t16?,21-,23+,24?/m1/s1. The number of alkyl carbamates (subject to hydrolysis) is 1. The van der Waals surface area contributed by atoms with Crippen LogP contribution in [-0.4, -0.2) is 64.4 Å². The van der Waals surface area contributed by atoms with Crippen LogP contribution in [0.1, 0.15) is 49.1 Å². The van der Waals surface area contributed by atoms with Gasteiger partial charge in [-0.15, -0.1) is 0 Å². The van der Waals surface area contributed by atoms with Gasteiger partial charge in [0.1, 0.15) is 12.6 Å². The number of aliphatic hydroxyl groups excluding tert-OH is 1. The van der Waals surface area contributed by atoms with E-state index < -0.39 is 36.2 Å². The van der Waals surface area contributed by atoms with Gasteiger partial charge < -0.3 is 25.2 Å². The molecule has 1 saturated heterocycles. The Hall–Kier alpha value is -3.39. The van der Waals surface area contributed by atoms with Crippen LogP contribution in [0.4, 0.5) is 4.79 Å². The number of carbonyl (C=O) groups excluding carboxylic acids is 2. The van der Waals surface area contributed by atoms with Crippen molar-refractivity contribution in [2.24, 2.45) is 5.92 Å². The summed E-state index contributed by atoms with van der Waals surface area (Å²) >= 11 is 0. The normalized spacial score (nSPS) is 25.6. The van der Waals surface area contributed by atoms with E-state index in [0.29, 0.717) is 12.8 Å². The number of hydrogen-bond acceptors (Lipinski definition) is 5. The average Bonchev–Trinajstić information content (AvgIpc) is 3.41. The molecule has 1 heterocycles. The van der Waals surface area contributed by atoms with Gasteiger partial charge in [-0.2, -0.15) is 0 Å². The summed E-state index contributed by atoms with van der Waals surface area (Å²) in [6, 6.07) is 14.8. The van der Waals surface area contributed by atoms with E-state index in [2.05, 4.69) is 29.6 Å². The van der Waals surface area contributed by atoms with Gasteiger partial charge in [-0.3, -0.25) is 4.79 Å². The number of amides is 2. The summed E-state index contributed by atoms with van der Waals surface area (Å²) in [4.78, 5) is 38.9. The molecule has 1 saturated carbocycles. The van der Waals surface area contributed by atoms with Gasteiger partial charge in [0, 0.05) is 24.9 Å². The van der Waals surface area contributed by atoms with Crippen LogP contribution in [0, 0.1) is 5.92 Å². The maximum atomic E-state index is 13.3. The van der Waals surface area contributed by atoms with Crippen LogP contribution in [0.3, 0.4) is 0 Å². The van der Waals surface area contributed by atoms with E-state index in [1.165, 1.54) is 4.90 Å². The van der Waals surface area contributed by atoms with Gasteiger partial charge in [-0.25, -0.2) is 9.59 Å². The Bertz CT molecular complexity index is 1090. The molecule has 2 aromatic carbocycles. The Balaban J connectivity index is 1.25. The van der Waals surface area contributed by atoms with Crippen LogP contribution in [0.5, 0.6) is 0 Å². The molecule has 2 unspecified atom stereocenters. The van der Waals surface area contributed by atoms with Crippen LogP contribution in [0.15, 0.2) is 48.5 Å². The fourth-order valence-electron chi connectivity index (χ4n) is 5.90. The minimum absolute atomic E-state index is 0.00393. The van der Waals surface area contributed by atoms with Gasteiger partial charge >= 0.3 is 12.1 Å². The number of benzene rings is 2. The number of rotatable bonds is 5. The van der Waals surface area contributed by atoms with Gasteiger partial charge in [0.25, 0.3) is 0 Å². The highest BCUT2D eigenvalue weighted by Crippen LogP contribution is 2.44. The highest BCUT2D eigenvalue weighted by Gasteiger charge is 2.44. The van der Waals surface area contributed by atoms with Crippen LogP contribution in [-0.2, 0) is 14.3 Å². The zero-order chi connectivity index (χ0) is 24.5. The fourth-order valence-corrected chi connectivity index (χ4v) is 5.90. The summed E-state index contributed by atoms with van der Waals surface area (Å²) in [5.41, 5.74) is 4.55. The first kappa shape index (κ1) is 23.4. The Kier molecular flexibility index (Phi) is 6.47. The lowest BCUT2D eigenvalue weighted by atomic mass is 9.83. The molecule has 0 aromatic heterocycles. The number of nitrogens with one attached hydrogen (secondary N) is 1. The molecule has 3 aliphatic rings. The van der Waals surface area contributed by atoms with Gasteiger partial charge in [0.05, 0.1) is 12.0 Å². The second-order valence-electron chi connectivity index (χ2n) is 9.70. The molecule has 1 aliphatic heterocycles. The van der Waals surface area contributed by atoms with Crippen molar-refractivity contribution in [3.05, 3.63) is 59.7 Å². The molecule has 8 heteroatoms. The number of likely N-dealkylation sites (tertiary alicyclic amines) is 1. The summed E-state index contributed by atoms with van der Waals surface area (Å²) in [5.74, 6) is -2.03. The molecule has 35 heavy (non-hydrogen) atoms. The smallest absolute Gasteiger partial charge is 0.407 e. The molecule has 2 fully saturated rings. The maximum absolute atomic E-state index is 13.3.